The molecule has 116 valence electrons. The highest BCUT2D eigenvalue weighted by molar-refractivity contribution is 7.99. The molecule has 0 atom stereocenters. The van der Waals surface area contributed by atoms with Crippen LogP contribution in [-0.2, 0) is 6.54 Å². The zero-order valence-electron chi connectivity index (χ0n) is 12.8. The van der Waals surface area contributed by atoms with Crippen LogP contribution < -0.4 is 4.74 Å². The Labute approximate surface area is 134 Å². The molecule has 0 aliphatic rings. The zero-order chi connectivity index (χ0) is 15.9. The molecule has 0 saturated carbocycles. The lowest BCUT2D eigenvalue weighted by Crippen LogP contribution is -2.05. The van der Waals surface area contributed by atoms with Gasteiger partial charge < -0.3 is 9.30 Å². The average molecular weight is 317 g/mol. The summed E-state index contributed by atoms with van der Waals surface area (Å²) >= 11 is 1.39. The van der Waals surface area contributed by atoms with Gasteiger partial charge in [-0.05, 0) is 38.1 Å². The molecule has 5 nitrogen and oxygen atoms in total. The van der Waals surface area contributed by atoms with Crippen molar-refractivity contribution >= 4 is 17.5 Å². The molecule has 0 aliphatic carbocycles. The third-order valence-corrected chi connectivity index (χ3v) is 4.00. The molecule has 1 aromatic carbocycles. The Hall–Kier alpha value is -2.08. The first kappa shape index (κ1) is 16.3. The number of carbonyl (C=O) groups excluding carboxylic acids is 1. The molecule has 0 spiro atoms. The Morgan fingerprint density at radius 3 is 2.73 bits per heavy atom. The lowest BCUT2D eigenvalue weighted by molar-refractivity contribution is 0.102. The predicted octanol–water partition coefficient (Wildman–Crippen LogP) is 3.15. The second-order valence-corrected chi connectivity index (χ2v) is 5.54. The number of thioether (sulfide) groups is 1. The van der Waals surface area contributed by atoms with Gasteiger partial charge in [0.15, 0.2) is 10.9 Å². The van der Waals surface area contributed by atoms with Gasteiger partial charge in [0.05, 0.1) is 12.4 Å². The largest absolute Gasteiger partial charge is 0.494 e. The molecule has 22 heavy (non-hydrogen) atoms. The average Bonchev–Trinajstić information content (AvgIpc) is 2.87. The van der Waals surface area contributed by atoms with E-state index < -0.39 is 0 Å². The fourth-order valence-corrected chi connectivity index (χ4v) is 2.81. The third-order valence-electron chi connectivity index (χ3n) is 3.03. The molecule has 6 heteroatoms. The molecular weight excluding hydrogens is 298 g/mol. The minimum Gasteiger partial charge on any atom is -0.494 e. The van der Waals surface area contributed by atoms with E-state index in [-0.39, 0.29) is 5.78 Å². The first-order valence-electron chi connectivity index (χ1n) is 7.05. The number of ether oxygens (including phenoxy) is 1. The maximum atomic E-state index is 12.2. The molecule has 0 amide bonds. The second kappa shape index (κ2) is 7.79. The van der Waals surface area contributed by atoms with E-state index >= 15 is 0 Å². The molecule has 2 rings (SSSR count). The van der Waals surface area contributed by atoms with Gasteiger partial charge in [-0.25, -0.2) is 0 Å². The van der Waals surface area contributed by atoms with Gasteiger partial charge >= 0.3 is 0 Å². The van der Waals surface area contributed by atoms with E-state index in [1.165, 1.54) is 11.8 Å². The first-order valence-corrected chi connectivity index (χ1v) is 8.03. The van der Waals surface area contributed by atoms with Crippen LogP contribution in [0.5, 0.6) is 5.75 Å². The topological polar surface area (TPSA) is 57.0 Å². The number of rotatable bonds is 8. The van der Waals surface area contributed by atoms with Crippen LogP contribution in [0.4, 0.5) is 0 Å². The number of Topliss-reactive ketones (excluding diaryl/α,β-unsaturated/α-hetero) is 1. The Balaban J connectivity index is 1.99. The van der Waals surface area contributed by atoms with Crippen molar-refractivity contribution in [2.24, 2.45) is 0 Å². The van der Waals surface area contributed by atoms with Crippen molar-refractivity contribution < 1.29 is 9.53 Å². The molecule has 0 saturated heterocycles. The summed E-state index contributed by atoms with van der Waals surface area (Å²) in [5.74, 6) is 1.96. The van der Waals surface area contributed by atoms with Crippen molar-refractivity contribution in [2.45, 2.75) is 25.5 Å². The number of hydrogen-bond acceptors (Lipinski definition) is 5. The van der Waals surface area contributed by atoms with E-state index in [4.69, 9.17) is 4.74 Å². The van der Waals surface area contributed by atoms with E-state index in [9.17, 15) is 4.79 Å². The lowest BCUT2D eigenvalue weighted by atomic mass is 10.1. The number of ketones is 1. The Bertz CT molecular complexity index is 650. The molecule has 1 aromatic heterocycles. The van der Waals surface area contributed by atoms with Crippen LogP contribution in [0, 0.1) is 6.92 Å². The van der Waals surface area contributed by atoms with E-state index in [1.807, 2.05) is 30.5 Å². The number of aromatic nitrogens is 3. The van der Waals surface area contributed by atoms with Gasteiger partial charge in [0.1, 0.15) is 11.6 Å². The van der Waals surface area contributed by atoms with Crippen LogP contribution in [0.1, 0.15) is 23.1 Å². The van der Waals surface area contributed by atoms with Crippen LogP contribution in [0.2, 0.25) is 0 Å². The fraction of sp³-hybridized carbons (Fsp3) is 0.312. The van der Waals surface area contributed by atoms with E-state index in [2.05, 4.69) is 16.8 Å². The van der Waals surface area contributed by atoms with E-state index in [0.29, 0.717) is 24.5 Å². The highest BCUT2D eigenvalue weighted by Gasteiger charge is 2.12. The third kappa shape index (κ3) is 3.98. The van der Waals surface area contributed by atoms with Crippen LogP contribution in [0.25, 0.3) is 0 Å². The standard InChI is InChI=1S/C16H19N3O2S/c1-4-10-19-12(3)17-18-16(19)22-11-15(20)13-6-8-14(9-7-13)21-5-2/h4,6-9H,1,5,10-11H2,2-3H3. The fourth-order valence-electron chi connectivity index (χ4n) is 1.92. The summed E-state index contributed by atoms with van der Waals surface area (Å²) in [5.41, 5.74) is 0.669. The molecule has 0 unspecified atom stereocenters. The minimum atomic E-state index is 0.0545. The molecule has 0 aliphatic heterocycles. The van der Waals surface area contributed by atoms with Crippen molar-refractivity contribution in [1.29, 1.82) is 0 Å². The van der Waals surface area contributed by atoms with Crippen LogP contribution in [-0.4, -0.2) is 32.9 Å². The number of hydrogen-bond donors (Lipinski definition) is 0. The second-order valence-electron chi connectivity index (χ2n) is 4.60. The van der Waals surface area contributed by atoms with Crippen LogP contribution in [0.15, 0.2) is 42.1 Å². The highest BCUT2D eigenvalue weighted by Crippen LogP contribution is 2.19. The zero-order valence-corrected chi connectivity index (χ0v) is 13.6. The van der Waals surface area contributed by atoms with Gasteiger partial charge in [-0.1, -0.05) is 17.8 Å². The van der Waals surface area contributed by atoms with Crippen LogP contribution >= 0.6 is 11.8 Å². The van der Waals surface area contributed by atoms with Gasteiger partial charge in [-0.15, -0.1) is 16.8 Å². The number of nitrogens with zero attached hydrogens (tertiary/aromatic N) is 3. The van der Waals surface area contributed by atoms with Crippen molar-refractivity contribution in [2.75, 3.05) is 12.4 Å². The highest BCUT2D eigenvalue weighted by atomic mass is 32.2. The van der Waals surface area contributed by atoms with E-state index in [0.717, 1.165) is 16.7 Å². The predicted molar refractivity (Wildman–Crippen MR) is 87.6 cm³/mol. The van der Waals surface area contributed by atoms with Gasteiger partial charge in [0.25, 0.3) is 0 Å². The van der Waals surface area contributed by atoms with Gasteiger partial charge in [0.2, 0.25) is 0 Å². The van der Waals surface area contributed by atoms with Crippen molar-refractivity contribution in [3.05, 3.63) is 48.3 Å². The molecule has 2 aromatic rings. The summed E-state index contributed by atoms with van der Waals surface area (Å²) in [4.78, 5) is 12.2. The SMILES string of the molecule is C=CCn1c(C)nnc1SCC(=O)c1ccc(OCC)cc1. The molecular formula is C16H19N3O2S. The molecule has 0 fully saturated rings. The Morgan fingerprint density at radius 1 is 1.36 bits per heavy atom. The van der Waals surface area contributed by atoms with Crippen molar-refractivity contribution in [3.63, 3.8) is 0 Å². The smallest absolute Gasteiger partial charge is 0.191 e. The molecule has 0 bridgehead atoms. The van der Waals surface area contributed by atoms with Gasteiger partial charge in [-0.2, -0.15) is 0 Å². The summed E-state index contributed by atoms with van der Waals surface area (Å²) in [6.07, 6.45) is 1.79. The maximum Gasteiger partial charge on any atom is 0.191 e. The number of benzene rings is 1. The monoisotopic (exact) mass is 317 g/mol. The molecule has 1 heterocycles. The van der Waals surface area contributed by atoms with Crippen LogP contribution in [0.3, 0.4) is 0 Å². The Kier molecular flexibility index (Phi) is 5.77. The van der Waals surface area contributed by atoms with Gasteiger partial charge in [-0.3, -0.25) is 4.79 Å². The minimum absolute atomic E-state index is 0.0545. The summed E-state index contributed by atoms with van der Waals surface area (Å²) in [6.45, 7) is 8.78. The molecule has 0 radical (unpaired) electrons. The number of allylic oxidation sites excluding steroid dienone is 1. The Morgan fingerprint density at radius 2 is 2.09 bits per heavy atom. The van der Waals surface area contributed by atoms with E-state index in [1.54, 1.807) is 18.2 Å². The molecule has 0 N–H and O–H groups in total. The van der Waals surface area contributed by atoms with Crippen molar-refractivity contribution in [1.82, 2.24) is 14.8 Å². The number of aryl methyl sites for hydroxylation is 1. The summed E-state index contributed by atoms with van der Waals surface area (Å²) < 4.78 is 7.30. The first-order chi connectivity index (χ1) is 10.7. The van der Waals surface area contributed by atoms with Crippen molar-refractivity contribution in [3.8, 4) is 5.75 Å². The lowest BCUT2D eigenvalue weighted by Gasteiger charge is -2.06. The summed E-state index contributed by atoms with van der Waals surface area (Å²) in [5, 5.41) is 8.86. The quantitative estimate of drug-likeness (QED) is 0.425. The summed E-state index contributed by atoms with van der Waals surface area (Å²) in [6, 6.07) is 7.19. The summed E-state index contributed by atoms with van der Waals surface area (Å²) in [7, 11) is 0. The number of carbonyl (C=O) groups is 1. The maximum absolute atomic E-state index is 12.2. The van der Waals surface area contributed by atoms with Gasteiger partial charge in [0, 0.05) is 12.1 Å². The normalized spacial score (nSPS) is 10.5.